The number of carboxylic acid groups (broad SMARTS) is 4. The van der Waals surface area contributed by atoms with Gasteiger partial charge in [-0.3, -0.25) is 0 Å². The molecule has 0 aliphatic heterocycles. The van der Waals surface area contributed by atoms with Crippen molar-refractivity contribution in [3.05, 3.63) is 47.6 Å². The van der Waals surface area contributed by atoms with Crippen molar-refractivity contribution >= 4 is 35.8 Å². The highest BCUT2D eigenvalue weighted by atomic mass is 16.6. The number of carbonyl (C=O) groups excluding carboxylic acids is 2. The van der Waals surface area contributed by atoms with Crippen LogP contribution in [0.5, 0.6) is 0 Å². The van der Waals surface area contributed by atoms with Gasteiger partial charge in [-0.2, -0.15) is 0 Å². The Balaban J connectivity index is 4.02. The monoisotopic (exact) mass is 424 g/mol. The summed E-state index contributed by atoms with van der Waals surface area (Å²) in [7, 11) is 0. The summed E-state index contributed by atoms with van der Waals surface area (Å²) in [6, 6.07) is 0. The fraction of sp³-hybridized carbons (Fsp3) is 0.222. The molecule has 0 saturated carbocycles. The van der Waals surface area contributed by atoms with Crippen molar-refractivity contribution in [2.45, 2.75) is 25.0 Å². The topological polar surface area (TPSA) is 202 Å². The first kappa shape index (κ1) is 23.8. The molecule has 1 rings (SSSR count). The summed E-state index contributed by atoms with van der Waals surface area (Å²) in [4.78, 5) is 71.2. The van der Waals surface area contributed by atoms with E-state index in [-0.39, 0.29) is 23.3 Å². The Morgan fingerprint density at radius 1 is 0.700 bits per heavy atom. The van der Waals surface area contributed by atoms with Crippen LogP contribution < -0.4 is 0 Å². The van der Waals surface area contributed by atoms with Crippen molar-refractivity contribution in [2.75, 3.05) is 0 Å². The number of hydrogen-bond donors (Lipinski definition) is 4. The number of carboxylic acids is 4. The van der Waals surface area contributed by atoms with E-state index in [1.807, 2.05) is 0 Å². The van der Waals surface area contributed by atoms with Gasteiger partial charge in [-0.1, -0.05) is 13.2 Å². The van der Waals surface area contributed by atoms with Crippen LogP contribution in [0.2, 0.25) is 0 Å². The standard InChI is InChI=1S/C18H16O12/c1-7(2)13(23)29-17(15(25)26)5-10(12(21)22)18(16(27)28,6-9(17)11(19)20)30-14(24)8(3)4/h5-6H,1,3H2,2,4H3,(H,19,20)(H,21,22)(H,25,26)(H,27,28). The first-order chi connectivity index (χ1) is 13.6. The Morgan fingerprint density at radius 3 is 1.13 bits per heavy atom. The molecular weight excluding hydrogens is 408 g/mol. The van der Waals surface area contributed by atoms with Crippen molar-refractivity contribution < 1.29 is 58.7 Å². The molecule has 2 unspecified atom stereocenters. The van der Waals surface area contributed by atoms with Gasteiger partial charge in [0.15, 0.2) is 0 Å². The van der Waals surface area contributed by atoms with Crippen LogP contribution in [0.15, 0.2) is 47.6 Å². The third kappa shape index (κ3) is 3.97. The lowest BCUT2D eigenvalue weighted by Gasteiger charge is -2.36. The van der Waals surface area contributed by atoms with Crippen LogP contribution >= 0.6 is 0 Å². The first-order valence-electron chi connectivity index (χ1n) is 7.80. The second-order valence-electron chi connectivity index (χ2n) is 6.15. The summed E-state index contributed by atoms with van der Waals surface area (Å²) in [6.45, 7) is 8.61. The average Bonchev–Trinajstić information content (AvgIpc) is 2.61. The van der Waals surface area contributed by atoms with Crippen LogP contribution in [0.1, 0.15) is 13.8 Å². The highest BCUT2D eigenvalue weighted by molar-refractivity contribution is 6.10. The maximum absolute atomic E-state index is 11.9. The molecule has 0 amide bonds. The predicted octanol–water partition coefficient (Wildman–Crippen LogP) is -0.0926. The van der Waals surface area contributed by atoms with Crippen LogP contribution in [0.4, 0.5) is 0 Å². The minimum Gasteiger partial charge on any atom is -0.478 e. The fourth-order valence-corrected chi connectivity index (χ4v) is 2.29. The van der Waals surface area contributed by atoms with Gasteiger partial charge >= 0.3 is 35.8 Å². The molecular formula is C18H16O12. The van der Waals surface area contributed by atoms with Crippen LogP contribution in [0, 0.1) is 0 Å². The Hall–Kier alpha value is -4.22. The predicted molar refractivity (Wildman–Crippen MR) is 94.0 cm³/mol. The molecule has 12 nitrogen and oxygen atoms in total. The van der Waals surface area contributed by atoms with Crippen molar-refractivity contribution in [3.8, 4) is 0 Å². The molecule has 160 valence electrons. The molecule has 1 aliphatic rings. The van der Waals surface area contributed by atoms with Gasteiger partial charge in [-0.15, -0.1) is 0 Å². The second-order valence-corrected chi connectivity index (χ2v) is 6.15. The summed E-state index contributed by atoms with van der Waals surface area (Å²) in [6.07, 6.45) is 0.142. The molecule has 0 bridgehead atoms. The molecule has 0 aromatic heterocycles. The SMILES string of the molecule is C=C(C)C(=O)OC1(C(=O)O)C=C(C(=O)O)C(OC(=O)C(=C)C)(C(=O)O)C=C1C(=O)O. The van der Waals surface area contributed by atoms with Crippen molar-refractivity contribution in [3.63, 3.8) is 0 Å². The molecule has 12 heteroatoms. The highest BCUT2D eigenvalue weighted by Gasteiger charge is 2.60. The number of esters is 2. The number of rotatable bonds is 8. The highest BCUT2D eigenvalue weighted by Crippen LogP contribution is 2.40. The van der Waals surface area contributed by atoms with E-state index in [1.54, 1.807) is 0 Å². The van der Waals surface area contributed by atoms with E-state index in [9.17, 15) is 49.2 Å². The third-order valence-electron chi connectivity index (χ3n) is 3.80. The van der Waals surface area contributed by atoms with Crippen molar-refractivity contribution in [1.29, 1.82) is 0 Å². The van der Waals surface area contributed by atoms with Gasteiger partial charge in [-0.25, -0.2) is 28.8 Å². The van der Waals surface area contributed by atoms with Gasteiger partial charge < -0.3 is 29.9 Å². The molecule has 0 aromatic carbocycles. The number of hydrogen-bond acceptors (Lipinski definition) is 8. The maximum Gasteiger partial charge on any atom is 0.357 e. The molecule has 2 atom stereocenters. The Morgan fingerprint density at radius 2 is 0.967 bits per heavy atom. The Bertz CT molecular complexity index is 888. The van der Waals surface area contributed by atoms with Crippen molar-refractivity contribution in [2.24, 2.45) is 0 Å². The molecule has 0 fully saturated rings. The largest absolute Gasteiger partial charge is 0.478 e. The van der Waals surface area contributed by atoms with E-state index >= 15 is 0 Å². The number of ether oxygens (including phenoxy) is 2. The molecule has 0 spiro atoms. The maximum atomic E-state index is 11.9. The van der Waals surface area contributed by atoms with E-state index in [4.69, 9.17) is 9.47 Å². The van der Waals surface area contributed by atoms with E-state index in [0.717, 1.165) is 13.8 Å². The minimum atomic E-state index is -3.26. The summed E-state index contributed by atoms with van der Waals surface area (Å²) in [5, 5.41) is 38.2. The van der Waals surface area contributed by atoms with Gasteiger partial charge in [0.2, 0.25) is 0 Å². The zero-order chi connectivity index (χ0) is 23.6. The van der Waals surface area contributed by atoms with Crippen LogP contribution in [-0.2, 0) is 38.2 Å². The molecule has 0 aromatic rings. The summed E-state index contributed by atoms with van der Waals surface area (Å²) < 4.78 is 9.41. The fourth-order valence-electron chi connectivity index (χ4n) is 2.29. The zero-order valence-electron chi connectivity index (χ0n) is 15.6. The smallest absolute Gasteiger partial charge is 0.357 e. The van der Waals surface area contributed by atoms with Crippen LogP contribution in [0.3, 0.4) is 0 Å². The first-order valence-corrected chi connectivity index (χ1v) is 7.80. The number of carbonyl (C=O) groups is 6. The van der Waals surface area contributed by atoms with E-state index in [1.165, 1.54) is 0 Å². The van der Waals surface area contributed by atoms with Crippen molar-refractivity contribution in [1.82, 2.24) is 0 Å². The average molecular weight is 424 g/mol. The van der Waals surface area contributed by atoms with Crippen LogP contribution in [0.25, 0.3) is 0 Å². The minimum absolute atomic E-state index is 0.0712. The van der Waals surface area contributed by atoms with Gasteiger partial charge in [0.05, 0.1) is 11.1 Å². The second kappa shape index (κ2) is 8.03. The number of aliphatic carboxylic acids is 4. The zero-order valence-corrected chi connectivity index (χ0v) is 15.6. The lowest BCUT2D eigenvalue weighted by atomic mass is 9.76. The quantitative estimate of drug-likeness (QED) is 0.298. The van der Waals surface area contributed by atoms with Gasteiger partial charge in [-0.05, 0) is 26.0 Å². The van der Waals surface area contributed by atoms with E-state index < -0.39 is 58.2 Å². The summed E-state index contributed by atoms with van der Waals surface area (Å²) >= 11 is 0. The molecule has 0 heterocycles. The lowest BCUT2D eigenvalue weighted by Crippen LogP contribution is -2.55. The molecule has 0 saturated heterocycles. The molecule has 30 heavy (non-hydrogen) atoms. The normalized spacial score (nSPS) is 22.6. The Labute approximate surface area is 168 Å². The molecule has 4 N–H and O–H groups in total. The van der Waals surface area contributed by atoms with E-state index in [2.05, 4.69) is 13.2 Å². The molecule has 0 radical (unpaired) electrons. The third-order valence-corrected chi connectivity index (χ3v) is 3.80. The van der Waals surface area contributed by atoms with Gasteiger partial charge in [0, 0.05) is 11.1 Å². The molecule has 1 aliphatic carbocycles. The lowest BCUT2D eigenvalue weighted by molar-refractivity contribution is -0.173. The summed E-state index contributed by atoms with van der Waals surface area (Å²) in [5.74, 6) is -11.3. The van der Waals surface area contributed by atoms with Crippen LogP contribution in [-0.4, -0.2) is 67.4 Å². The Kier molecular flexibility index (Phi) is 6.37. The van der Waals surface area contributed by atoms with Gasteiger partial charge in [0.1, 0.15) is 0 Å². The van der Waals surface area contributed by atoms with Gasteiger partial charge in [0.25, 0.3) is 11.2 Å². The van der Waals surface area contributed by atoms with E-state index in [0.29, 0.717) is 0 Å². The summed E-state index contributed by atoms with van der Waals surface area (Å²) in [5.41, 5.74) is -10.0.